The van der Waals surface area contributed by atoms with Gasteiger partial charge in [0, 0.05) is 109 Å². The van der Waals surface area contributed by atoms with Crippen LogP contribution in [0.2, 0.25) is 0 Å². The van der Waals surface area contributed by atoms with E-state index >= 15 is 0 Å². The number of rotatable bonds is 36. The highest BCUT2D eigenvalue weighted by atomic mass is 16.6. The quantitative estimate of drug-likeness (QED) is 0.0659. The van der Waals surface area contributed by atoms with Gasteiger partial charge in [-0.2, -0.15) is 0 Å². The topological polar surface area (TPSA) is 72.8 Å². The molecule has 0 spiro atoms. The van der Waals surface area contributed by atoms with E-state index in [1.807, 2.05) is 0 Å². The lowest BCUT2D eigenvalue weighted by molar-refractivity contribution is -0.152. The normalized spacial score (nSPS) is 48.5. The fourth-order valence-electron chi connectivity index (χ4n) is 1.24. The first-order valence-corrected chi connectivity index (χ1v) is 10.4. The van der Waals surface area contributed by atoms with Gasteiger partial charge < -0.3 is 14.6 Å². The lowest BCUT2D eigenvalue weighted by Crippen LogP contribution is -2.25. The summed E-state index contributed by atoms with van der Waals surface area (Å²) >= 11 is 0. The van der Waals surface area contributed by atoms with Crippen LogP contribution in [-0.4, -0.2) is 36.2 Å². The van der Waals surface area contributed by atoms with Crippen molar-refractivity contribution in [3.05, 3.63) is 0 Å². The van der Waals surface area contributed by atoms with Crippen molar-refractivity contribution in [1.82, 2.24) is 0 Å². The minimum Gasteiger partial charge on any atom is -0.463 e. The molecule has 0 bridgehead atoms. The molecule has 0 unspecified atom stereocenters. The summed E-state index contributed by atoms with van der Waals surface area (Å²) in [5.74, 6) is -7.24. The maximum absolute atomic E-state index is 13.6. The lowest BCUT2D eigenvalue weighted by atomic mass is 10.0. The first-order valence-electron chi connectivity index (χ1n) is 47.9. The first-order chi connectivity index (χ1) is 49.8. The molecule has 0 aromatic rings. The molecule has 0 aliphatic heterocycles. The van der Waals surface area contributed by atoms with Crippen LogP contribution in [-0.2, 0) is 19.1 Å². The van der Waals surface area contributed by atoms with Crippen molar-refractivity contribution in [3.63, 3.8) is 0 Å². The molecular formula is C39H76O5. The Kier molecular flexibility index (Phi) is 4.56. The molecule has 0 amide bonds. The van der Waals surface area contributed by atoms with E-state index in [0.717, 1.165) is 0 Å². The number of ether oxygens (including phenoxy) is 2. The zero-order valence-electron chi connectivity index (χ0n) is 96.6. The molecule has 0 aromatic heterocycles. The summed E-state index contributed by atoms with van der Waals surface area (Å²) in [6.07, 6.45) is -180. The van der Waals surface area contributed by atoms with E-state index in [1.54, 1.807) is 0 Å². The van der Waals surface area contributed by atoms with Gasteiger partial charge in [0.15, 0.2) is 0 Å². The highest BCUT2D eigenvalue weighted by molar-refractivity contribution is 5.69. The SMILES string of the molecule is [2H]C([2H])([2H])C([2H])([2H])C([2H])([2H])C([2H])([2H])C([2H])([2H])C([2H])([2H])C([2H])([2H])C([2H])([2H])C([2H])([2H])C([2H])([2H])C([2H])([2H])C([2H])([2H])C([2H])([2H])C([2H])([2H])C([2H])([2H])C([2H])([2H])C([2H])([2H])C(=O)OC([2H])([2H])C([2H])(O)C([2H])([2H])OC(=O)C([2H])([2H])C([2H])([2H])C([2H])([2H])C([2H])([2H])C([2H])([2H])C([2H])([2H])C([2H])([2H])C([2H])([2H])C([2H])([2H])C([2H])([2H])C([2H])([2H])C([2H])([2H])C([2H])([2H])C([2H])([2H])C([2H])([2H])C([2H])([2H])C([2H])([2H])[2H]. The number of hydrogen-bond donors (Lipinski definition) is 1. The fraction of sp³-hybridized carbons (Fsp3) is 0.949. The second kappa shape index (κ2) is 36.4. The largest absolute Gasteiger partial charge is 0.463 e. The Morgan fingerprint density at radius 2 is 0.705 bits per heavy atom. The molecule has 5 heteroatoms. The number of carbonyl (C=O) groups is 2. The number of esters is 2. The molecule has 0 rings (SSSR count). The van der Waals surface area contributed by atoms with Crippen molar-refractivity contribution in [2.75, 3.05) is 13.1 Å². The highest BCUT2D eigenvalue weighted by Crippen LogP contribution is 2.15. The van der Waals surface area contributed by atoms with Crippen molar-refractivity contribution in [1.29, 1.82) is 0 Å². The lowest BCUT2D eigenvalue weighted by Gasteiger charge is -2.12. The molecule has 0 heterocycles. The van der Waals surface area contributed by atoms with Crippen LogP contribution in [0.5, 0.6) is 0 Å². The van der Waals surface area contributed by atoms with E-state index < -0.39 is 249 Å². The first kappa shape index (κ1) is 5.51. The van der Waals surface area contributed by atoms with Crippen LogP contribution >= 0.6 is 0 Å². The van der Waals surface area contributed by atoms with Crippen molar-refractivity contribution in [2.45, 2.75) is 224 Å². The third-order valence-electron chi connectivity index (χ3n) is 2.56. The van der Waals surface area contributed by atoms with E-state index in [-0.39, 0.29) is 0 Å². The predicted molar refractivity (Wildman–Crippen MR) is 187 cm³/mol. The molecule has 0 aromatic carbocycles. The zero-order chi connectivity index (χ0) is 99.1. The van der Waals surface area contributed by atoms with Gasteiger partial charge in [-0.3, -0.25) is 9.59 Å². The van der Waals surface area contributed by atoms with Crippen LogP contribution in [0.4, 0.5) is 0 Å². The number of carbonyl (C=O) groups excluding carboxylic acids is 2. The molecular weight excluding hydrogens is 548 g/mol. The summed E-state index contributed by atoms with van der Waals surface area (Å²) in [6.45, 7) is -19.6. The van der Waals surface area contributed by atoms with Gasteiger partial charge in [0.2, 0.25) is 0 Å². The van der Waals surface area contributed by atoms with Gasteiger partial charge in [0.1, 0.15) is 19.2 Å². The zero-order valence-corrected chi connectivity index (χ0v) is 21.6. The molecule has 0 fully saturated rings. The highest BCUT2D eigenvalue weighted by Gasteiger charge is 2.12. The van der Waals surface area contributed by atoms with Crippen LogP contribution in [0.1, 0.15) is 320 Å². The molecule has 262 valence electrons. The van der Waals surface area contributed by atoms with Crippen molar-refractivity contribution < 1.29 is 127 Å². The second-order valence-electron chi connectivity index (χ2n) is 5.33. The van der Waals surface area contributed by atoms with Crippen molar-refractivity contribution in [2.24, 2.45) is 0 Å². The summed E-state index contributed by atoms with van der Waals surface area (Å²) < 4.78 is 620. The Bertz CT molecular complexity index is 3460. The molecule has 1 N–H and O–H groups in total. The fourth-order valence-corrected chi connectivity index (χ4v) is 1.24. The van der Waals surface area contributed by atoms with Gasteiger partial charge in [-0.15, -0.1) is 0 Å². The third-order valence-corrected chi connectivity index (χ3v) is 2.56. The molecule has 0 saturated heterocycles. The van der Waals surface area contributed by atoms with Gasteiger partial charge in [-0.1, -0.05) is 192 Å². The minimum absolute atomic E-state index is 3.62. The Labute approximate surface area is 379 Å². The molecule has 5 nitrogen and oxygen atoms in total. The summed E-state index contributed by atoms with van der Waals surface area (Å²) in [5.41, 5.74) is 0. The van der Waals surface area contributed by atoms with Gasteiger partial charge in [0.05, 0.1) is 6.85 Å². The van der Waals surface area contributed by atoms with E-state index in [1.165, 1.54) is 0 Å². The predicted octanol–water partition coefficient (Wildman–Crippen LogP) is 12.0. The summed E-state index contributed by atoms with van der Waals surface area (Å²) in [5, 5.41) is 11.0. The van der Waals surface area contributed by atoms with E-state index in [4.69, 9.17) is 103 Å². The molecule has 0 saturated carbocycles. The Balaban J connectivity index is 8.03. The van der Waals surface area contributed by atoms with Crippen LogP contribution in [0.25, 0.3) is 0 Å². The Morgan fingerprint density at radius 1 is 0.477 bits per heavy atom. The number of aliphatic hydroxyl groups is 1. The maximum Gasteiger partial charge on any atom is 0.305 e. The monoisotopic (exact) mass is 700 g/mol. The van der Waals surface area contributed by atoms with Crippen molar-refractivity contribution in [3.8, 4) is 0 Å². The third kappa shape index (κ3) is 35.4. The molecule has 0 atom stereocenters. The molecule has 0 aliphatic rings. The molecule has 0 aliphatic carbocycles. The van der Waals surface area contributed by atoms with Gasteiger partial charge >= 0.3 is 11.9 Å². The van der Waals surface area contributed by atoms with E-state index in [2.05, 4.69) is 9.47 Å². The van der Waals surface area contributed by atoms with Crippen LogP contribution < -0.4 is 0 Å². The standard InChI is InChI=1S/C39H76O5/c1-3-5-7-9-11-13-15-17-19-21-23-25-27-29-31-33-38(41)43-35-37(40)36-44-39(42)34-32-30-28-26-24-22-20-18-16-14-12-10-8-6-4-2/h37,40H,3-36H2,1-2H3/i1D3,2D3,3D2,4D2,5D2,6D2,7D2,8D2,9D2,10D2,11D2,12D2,13D2,14D2,15D2,16D2,17D2,18D2,19D2,20D2,21D2,22D2,23D2,24D2,25D2,26D2,27D2,28D2,29D2,30D2,31D2,32D2,33D2,34D2,35D2,36D2,37D. The van der Waals surface area contributed by atoms with Gasteiger partial charge in [-0.05, 0) is 12.7 Å². The Morgan fingerprint density at radius 3 is 0.955 bits per heavy atom. The van der Waals surface area contributed by atoms with Gasteiger partial charge in [-0.25, -0.2) is 0 Å². The van der Waals surface area contributed by atoms with Crippen molar-refractivity contribution >= 4 is 11.9 Å². The number of hydrogen-bond acceptors (Lipinski definition) is 5. The average Bonchev–Trinajstić information content (AvgIpc) is 0.677. The maximum atomic E-state index is 13.6. The van der Waals surface area contributed by atoms with Crippen LogP contribution in [0, 0.1) is 0 Å². The smallest absolute Gasteiger partial charge is 0.305 e. The summed E-state index contributed by atoms with van der Waals surface area (Å²) in [6, 6.07) is 0. The summed E-state index contributed by atoms with van der Waals surface area (Å²) in [4.78, 5) is 27.2. The molecule has 0 radical (unpaired) electrons. The second-order valence-corrected chi connectivity index (χ2v) is 5.33. The Hall–Kier alpha value is -1.10. The van der Waals surface area contributed by atoms with Crippen LogP contribution in [0.3, 0.4) is 0 Å². The average molecular weight is 700 g/mol. The minimum atomic E-state index is -5.68. The van der Waals surface area contributed by atoms with E-state index in [9.17, 15) is 14.7 Å². The molecule has 44 heavy (non-hydrogen) atoms. The van der Waals surface area contributed by atoms with Crippen LogP contribution in [0.15, 0.2) is 0 Å². The van der Waals surface area contributed by atoms with E-state index in [0.29, 0.717) is 0 Å². The summed E-state index contributed by atoms with van der Waals surface area (Å²) in [7, 11) is 0. The van der Waals surface area contributed by atoms with Gasteiger partial charge in [0.25, 0.3) is 0 Å².